The molecule has 1 atom stereocenters. The highest BCUT2D eigenvalue weighted by Crippen LogP contribution is 2.34. The topological polar surface area (TPSA) is 59.8 Å². The summed E-state index contributed by atoms with van der Waals surface area (Å²) in [4.78, 5) is 0.218. The van der Waals surface area contributed by atoms with Crippen LogP contribution in [0.15, 0.2) is 9.31 Å². The smallest absolute Gasteiger partial charge is 0.246 e. The lowest BCUT2D eigenvalue weighted by Gasteiger charge is -2.38. The minimum atomic E-state index is -3.62. The van der Waals surface area contributed by atoms with Crippen molar-refractivity contribution in [3.05, 3.63) is 17.1 Å². The van der Waals surface area contributed by atoms with Crippen molar-refractivity contribution in [1.82, 2.24) is 4.31 Å². The van der Waals surface area contributed by atoms with Crippen LogP contribution in [0.3, 0.4) is 0 Å². The maximum atomic E-state index is 13.0. The van der Waals surface area contributed by atoms with Crippen LogP contribution in [0.2, 0.25) is 0 Å². The average molecular weight is 336 g/mol. The van der Waals surface area contributed by atoms with Crippen LogP contribution in [0.4, 0.5) is 0 Å². The largest absolute Gasteiger partial charge is 0.465 e. The summed E-state index contributed by atoms with van der Waals surface area (Å²) in [6, 6.07) is 0. The Morgan fingerprint density at radius 2 is 2.05 bits per heavy atom. The van der Waals surface area contributed by atoms with Gasteiger partial charge in [-0.15, -0.1) is 11.6 Å². The van der Waals surface area contributed by atoms with Crippen molar-refractivity contribution >= 4 is 21.6 Å². The zero-order valence-electron chi connectivity index (χ0n) is 12.9. The van der Waals surface area contributed by atoms with Crippen molar-refractivity contribution in [3.8, 4) is 0 Å². The van der Waals surface area contributed by atoms with E-state index in [2.05, 4.69) is 0 Å². The quantitative estimate of drug-likeness (QED) is 0.794. The van der Waals surface area contributed by atoms with Crippen LogP contribution in [0.1, 0.15) is 36.8 Å². The molecule has 1 aliphatic rings. The van der Waals surface area contributed by atoms with E-state index in [4.69, 9.17) is 20.8 Å². The molecule has 0 amide bonds. The van der Waals surface area contributed by atoms with Gasteiger partial charge >= 0.3 is 0 Å². The third kappa shape index (κ3) is 2.99. The molecule has 2 heterocycles. The summed E-state index contributed by atoms with van der Waals surface area (Å²) in [5, 5.41) is 0. The van der Waals surface area contributed by atoms with Crippen molar-refractivity contribution in [2.45, 2.75) is 50.0 Å². The molecule has 1 aromatic heterocycles. The Labute approximate surface area is 131 Å². The van der Waals surface area contributed by atoms with Gasteiger partial charge < -0.3 is 9.15 Å². The van der Waals surface area contributed by atoms with E-state index in [1.807, 2.05) is 6.92 Å². The van der Waals surface area contributed by atoms with Gasteiger partial charge in [0.1, 0.15) is 16.4 Å². The fraction of sp³-hybridized carbons (Fsp3) is 0.714. The molecule has 0 N–H and O–H groups in total. The summed E-state index contributed by atoms with van der Waals surface area (Å²) < 4.78 is 38.3. The number of aryl methyl sites for hydroxylation is 2. The Morgan fingerprint density at radius 1 is 1.38 bits per heavy atom. The van der Waals surface area contributed by atoms with Crippen LogP contribution >= 0.6 is 11.6 Å². The van der Waals surface area contributed by atoms with E-state index in [0.717, 1.165) is 12.8 Å². The molecule has 0 saturated carbocycles. The van der Waals surface area contributed by atoms with E-state index < -0.39 is 15.6 Å². The van der Waals surface area contributed by atoms with Crippen molar-refractivity contribution < 1.29 is 17.6 Å². The molecule has 0 aromatic carbocycles. The molecule has 5 nitrogen and oxygen atoms in total. The normalized spacial score (nSPS) is 24.4. The lowest BCUT2D eigenvalue weighted by Crippen LogP contribution is -2.49. The number of rotatable bonds is 4. The van der Waals surface area contributed by atoms with Gasteiger partial charge in [-0.3, -0.25) is 0 Å². The monoisotopic (exact) mass is 335 g/mol. The number of hydrogen-bond donors (Lipinski definition) is 0. The van der Waals surface area contributed by atoms with Gasteiger partial charge in [0, 0.05) is 25.8 Å². The minimum absolute atomic E-state index is 0.118. The summed E-state index contributed by atoms with van der Waals surface area (Å²) in [6.45, 7) is 6.17. The van der Waals surface area contributed by atoms with Crippen LogP contribution in [0, 0.1) is 13.8 Å². The number of furan rings is 1. The summed E-state index contributed by atoms with van der Waals surface area (Å²) in [7, 11) is -2.00. The number of halogens is 1. The molecule has 1 saturated heterocycles. The molecule has 1 fully saturated rings. The molecule has 21 heavy (non-hydrogen) atoms. The van der Waals surface area contributed by atoms with Crippen molar-refractivity contribution in [3.63, 3.8) is 0 Å². The third-order valence-electron chi connectivity index (χ3n) is 4.17. The van der Waals surface area contributed by atoms with Crippen molar-refractivity contribution in [2.24, 2.45) is 0 Å². The minimum Gasteiger partial charge on any atom is -0.465 e. The highest BCUT2D eigenvalue weighted by atomic mass is 35.5. The van der Waals surface area contributed by atoms with E-state index in [1.54, 1.807) is 21.0 Å². The van der Waals surface area contributed by atoms with Gasteiger partial charge in [0.2, 0.25) is 10.0 Å². The zero-order valence-corrected chi connectivity index (χ0v) is 14.5. The second-order valence-electron chi connectivity index (χ2n) is 5.75. The van der Waals surface area contributed by atoms with Gasteiger partial charge in [0.25, 0.3) is 0 Å². The van der Waals surface area contributed by atoms with Gasteiger partial charge in [-0.1, -0.05) is 0 Å². The standard InChI is InChI=1S/C14H22ClNO4S/c1-10-12(8-15)13(11(2)20-10)21(17,18)16-7-5-6-14(3,9-16)19-4/h5-9H2,1-4H3. The molecule has 1 aromatic rings. The molecule has 0 spiro atoms. The Morgan fingerprint density at radius 3 is 2.62 bits per heavy atom. The van der Waals surface area contributed by atoms with Crippen LogP contribution in [0.25, 0.3) is 0 Å². The SMILES string of the molecule is COC1(C)CCCN(S(=O)(=O)c2c(C)oc(C)c2CCl)C1. The highest BCUT2D eigenvalue weighted by Gasteiger charge is 2.39. The van der Waals surface area contributed by atoms with Gasteiger partial charge in [-0.05, 0) is 33.6 Å². The van der Waals surface area contributed by atoms with Gasteiger partial charge in [0.05, 0.1) is 11.5 Å². The molecule has 1 unspecified atom stereocenters. The van der Waals surface area contributed by atoms with Gasteiger partial charge in [-0.25, -0.2) is 8.42 Å². The van der Waals surface area contributed by atoms with Gasteiger partial charge in [-0.2, -0.15) is 4.31 Å². The number of sulfonamides is 1. The Hall–Kier alpha value is -0.560. The molecule has 1 aliphatic heterocycles. The first-order valence-corrected chi connectivity index (χ1v) is 8.93. The van der Waals surface area contributed by atoms with Crippen LogP contribution in [-0.2, 0) is 20.6 Å². The number of piperidine rings is 1. The third-order valence-corrected chi connectivity index (χ3v) is 6.48. The summed E-state index contributed by atoms with van der Waals surface area (Å²) in [5.74, 6) is 1.08. The number of nitrogens with zero attached hydrogens (tertiary/aromatic N) is 1. The molecular formula is C14H22ClNO4S. The summed E-state index contributed by atoms with van der Waals surface area (Å²) in [5.41, 5.74) is 0.109. The predicted molar refractivity (Wildman–Crippen MR) is 81.1 cm³/mol. The number of ether oxygens (including phenoxy) is 1. The van der Waals surface area contributed by atoms with E-state index >= 15 is 0 Å². The maximum Gasteiger partial charge on any atom is 0.246 e. The Kier molecular flexibility index (Phi) is 4.73. The second-order valence-corrected chi connectivity index (χ2v) is 7.89. The van der Waals surface area contributed by atoms with Crippen molar-refractivity contribution in [1.29, 1.82) is 0 Å². The summed E-state index contributed by atoms with van der Waals surface area (Å²) >= 11 is 5.91. The molecule has 7 heteroatoms. The van der Waals surface area contributed by atoms with Gasteiger partial charge in [0.15, 0.2) is 0 Å². The number of methoxy groups -OCH3 is 1. The molecular weight excluding hydrogens is 314 g/mol. The molecule has 0 bridgehead atoms. The first kappa shape index (κ1) is 16.8. The fourth-order valence-electron chi connectivity index (χ4n) is 2.86. The molecule has 2 rings (SSSR count). The second kappa shape index (κ2) is 5.91. The number of alkyl halides is 1. The lowest BCUT2D eigenvalue weighted by atomic mass is 9.96. The van der Waals surface area contributed by atoms with E-state index in [1.165, 1.54) is 4.31 Å². The van der Waals surface area contributed by atoms with E-state index in [0.29, 0.717) is 30.2 Å². The van der Waals surface area contributed by atoms with Crippen LogP contribution in [-0.4, -0.2) is 38.5 Å². The van der Waals surface area contributed by atoms with Crippen LogP contribution < -0.4 is 0 Å². The van der Waals surface area contributed by atoms with E-state index in [-0.39, 0.29) is 10.8 Å². The maximum absolute atomic E-state index is 13.0. The molecule has 120 valence electrons. The van der Waals surface area contributed by atoms with Crippen LogP contribution in [0.5, 0.6) is 0 Å². The zero-order chi connectivity index (χ0) is 15.8. The average Bonchev–Trinajstić information content (AvgIpc) is 2.73. The predicted octanol–water partition coefficient (Wildman–Crippen LogP) is 2.82. The first-order valence-electron chi connectivity index (χ1n) is 6.95. The Balaban J connectivity index is 2.43. The highest BCUT2D eigenvalue weighted by molar-refractivity contribution is 7.89. The van der Waals surface area contributed by atoms with E-state index in [9.17, 15) is 8.42 Å². The number of hydrogen-bond acceptors (Lipinski definition) is 4. The fourth-order valence-corrected chi connectivity index (χ4v) is 5.27. The summed E-state index contributed by atoms with van der Waals surface area (Å²) in [6.07, 6.45) is 1.62. The lowest BCUT2D eigenvalue weighted by molar-refractivity contribution is -0.0319. The Bertz CT molecular complexity index is 625. The van der Waals surface area contributed by atoms with Crippen molar-refractivity contribution in [2.75, 3.05) is 20.2 Å². The molecule has 0 radical (unpaired) electrons. The molecule has 0 aliphatic carbocycles. The first-order chi connectivity index (χ1) is 9.75.